The molecule has 150 valence electrons. The van der Waals surface area contributed by atoms with Gasteiger partial charge >= 0.3 is 0 Å². The summed E-state index contributed by atoms with van der Waals surface area (Å²) in [6.45, 7) is 4.14. The van der Waals surface area contributed by atoms with Gasteiger partial charge in [-0.15, -0.1) is 0 Å². The molecule has 0 N–H and O–H groups in total. The first-order valence-corrected chi connectivity index (χ1v) is 10.0. The van der Waals surface area contributed by atoms with Crippen LogP contribution in [-0.2, 0) is 13.3 Å². The van der Waals surface area contributed by atoms with E-state index >= 15 is 0 Å². The van der Waals surface area contributed by atoms with Gasteiger partial charge in [0.25, 0.3) is 5.91 Å². The van der Waals surface area contributed by atoms with Gasteiger partial charge in [-0.05, 0) is 35.9 Å². The lowest BCUT2D eigenvalue weighted by Crippen LogP contribution is -2.48. The minimum atomic E-state index is -0.0362. The summed E-state index contributed by atoms with van der Waals surface area (Å²) in [5.74, 6) is 0.734. The highest BCUT2D eigenvalue weighted by molar-refractivity contribution is 6.30. The fraction of sp³-hybridized carbons (Fsp3) is 0.273. The number of benzene rings is 2. The average Bonchev–Trinajstić information content (AvgIpc) is 3.22. The molecule has 0 spiro atoms. The lowest BCUT2D eigenvalue weighted by atomic mass is 10.2. The molecule has 1 fully saturated rings. The van der Waals surface area contributed by atoms with Crippen molar-refractivity contribution in [3.05, 3.63) is 83.1 Å². The van der Waals surface area contributed by atoms with Crippen molar-refractivity contribution in [1.29, 1.82) is 0 Å². The predicted molar refractivity (Wildman–Crippen MR) is 112 cm³/mol. The van der Waals surface area contributed by atoms with Crippen LogP contribution in [0.25, 0.3) is 0 Å². The van der Waals surface area contributed by atoms with E-state index in [2.05, 4.69) is 16.1 Å². The maximum absolute atomic E-state index is 12.8. The van der Waals surface area contributed by atoms with E-state index in [0.29, 0.717) is 18.8 Å². The Morgan fingerprint density at radius 1 is 1.00 bits per heavy atom. The molecule has 1 amide bonds. The normalized spacial score (nSPS) is 14.7. The van der Waals surface area contributed by atoms with Gasteiger partial charge < -0.3 is 9.64 Å². The van der Waals surface area contributed by atoms with Crippen LogP contribution >= 0.6 is 11.6 Å². The van der Waals surface area contributed by atoms with Gasteiger partial charge in [-0.3, -0.25) is 9.69 Å². The van der Waals surface area contributed by atoms with Gasteiger partial charge in [-0.25, -0.2) is 4.68 Å². The topological polar surface area (TPSA) is 50.6 Å². The number of rotatable bonds is 6. The van der Waals surface area contributed by atoms with E-state index in [1.54, 1.807) is 16.9 Å². The standard InChI is InChI=1S/C22H23ClN4O2/c23-19-6-4-5-18(15-19)16-25-11-13-26(14-12-25)22(28)21-9-10-27(24-21)17-29-20-7-2-1-3-8-20/h1-10,15H,11-14,16-17H2. The highest BCUT2D eigenvalue weighted by Gasteiger charge is 2.23. The third kappa shape index (κ3) is 5.16. The Hall–Kier alpha value is -2.83. The molecule has 4 rings (SSSR count). The zero-order valence-corrected chi connectivity index (χ0v) is 16.8. The lowest BCUT2D eigenvalue weighted by molar-refractivity contribution is 0.0621. The Kier molecular flexibility index (Phi) is 6.12. The second-order valence-electron chi connectivity index (χ2n) is 7.03. The summed E-state index contributed by atoms with van der Waals surface area (Å²) in [4.78, 5) is 17.0. The first-order valence-electron chi connectivity index (χ1n) is 9.65. The van der Waals surface area contributed by atoms with Gasteiger partial charge in [0.15, 0.2) is 12.4 Å². The number of nitrogens with zero attached hydrogens (tertiary/aromatic N) is 4. The van der Waals surface area contributed by atoms with Crippen molar-refractivity contribution in [2.75, 3.05) is 26.2 Å². The molecule has 0 aliphatic carbocycles. The number of para-hydroxylation sites is 1. The number of carbonyl (C=O) groups is 1. The van der Waals surface area contributed by atoms with Crippen molar-refractivity contribution in [3.8, 4) is 5.75 Å². The summed E-state index contributed by atoms with van der Waals surface area (Å²) in [7, 11) is 0. The van der Waals surface area contributed by atoms with Crippen molar-refractivity contribution >= 4 is 17.5 Å². The quantitative estimate of drug-likeness (QED) is 0.623. The number of hydrogen-bond acceptors (Lipinski definition) is 4. The molecule has 29 heavy (non-hydrogen) atoms. The van der Waals surface area contributed by atoms with E-state index < -0.39 is 0 Å². The van der Waals surface area contributed by atoms with Crippen LogP contribution in [0.5, 0.6) is 5.75 Å². The minimum Gasteiger partial charge on any atom is -0.471 e. The van der Waals surface area contributed by atoms with Crippen LogP contribution in [0.1, 0.15) is 16.1 Å². The van der Waals surface area contributed by atoms with Crippen molar-refractivity contribution in [2.24, 2.45) is 0 Å². The second-order valence-corrected chi connectivity index (χ2v) is 7.46. The first kappa shape index (κ1) is 19.5. The van der Waals surface area contributed by atoms with Crippen LogP contribution in [0.3, 0.4) is 0 Å². The molecule has 2 aromatic carbocycles. The van der Waals surface area contributed by atoms with Crippen molar-refractivity contribution in [2.45, 2.75) is 13.3 Å². The molecule has 3 aromatic rings. The summed E-state index contributed by atoms with van der Waals surface area (Å²) < 4.78 is 7.30. The zero-order chi connectivity index (χ0) is 20.1. The van der Waals surface area contributed by atoms with E-state index in [-0.39, 0.29) is 12.6 Å². The summed E-state index contributed by atoms with van der Waals surface area (Å²) in [6.07, 6.45) is 1.77. The van der Waals surface area contributed by atoms with Crippen LogP contribution in [0, 0.1) is 0 Å². The van der Waals surface area contributed by atoms with E-state index in [4.69, 9.17) is 16.3 Å². The molecule has 1 aromatic heterocycles. The van der Waals surface area contributed by atoms with Gasteiger partial charge in [-0.2, -0.15) is 5.10 Å². The minimum absolute atomic E-state index is 0.0362. The molecule has 0 bridgehead atoms. The third-order valence-corrected chi connectivity index (χ3v) is 5.16. The van der Waals surface area contributed by atoms with Crippen molar-refractivity contribution in [1.82, 2.24) is 19.6 Å². The van der Waals surface area contributed by atoms with Crippen molar-refractivity contribution in [3.63, 3.8) is 0 Å². The molecule has 0 saturated carbocycles. The lowest BCUT2D eigenvalue weighted by Gasteiger charge is -2.34. The second kappa shape index (κ2) is 9.11. The monoisotopic (exact) mass is 410 g/mol. The Balaban J connectivity index is 1.28. The Morgan fingerprint density at radius 2 is 1.79 bits per heavy atom. The summed E-state index contributed by atoms with van der Waals surface area (Å²) in [5, 5.41) is 5.12. The van der Waals surface area contributed by atoms with Crippen molar-refractivity contribution < 1.29 is 9.53 Å². The predicted octanol–water partition coefficient (Wildman–Crippen LogP) is 3.53. The molecule has 0 radical (unpaired) electrons. The highest BCUT2D eigenvalue weighted by Crippen LogP contribution is 2.15. The number of piperazine rings is 1. The van der Waals surface area contributed by atoms with Crippen LogP contribution in [0.2, 0.25) is 5.02 Å². The molecule has 2 heterocycles. The number of halogens is 1. The molecule has 1 aliphatic heterocycles. The first-order chi connectivity index (χ1) is 14.2. The Bertz CT molecular complexity index is 952. The molecular weight excluding hydrogens is 388 g/mol. The number of hydrogen-bond donors (Lipinski definition) is 0. The summed E-state index contributed by atoms with van der Waals surface area (Å²) in [5.41, 5.74) is 1.64. The largest absolute Gasteiger partial charge is 0.471 e. The maximum atomic E-state index is 12.8. The van der Waals surface area contributed by atoms with Crippen LogP contribution in [-0.4, -0.2) is 51.7 Å². The fourth-order valence-electron chi connectivity index (χ4n) is 3.37. The van der Waals surface area contributed by atoms with Crippen LogP contribution in [0.4, 0.5) is 0 Å². The zero-order valence-electron chi connectivity index (χ0n) is 16.1. The van der Waals surface area contributed by atoms with E-state index in [0.717, 1.165) is 30.4 Å². The molecule has 0 unspecified atom stereocenters. The molecule has 0 atom stereocenters. The van der Waals surface area contributed by atoms with Gasteiger partial charge in [0.2, 0.25) is 0 Å². The maximum Gasteiger partial charge on any atom is 0.274 e. The molecule has 7 heteroatoms. The Labute approximate surface area is 175 Å². The Morgan fingerprint density at radius 3 is 2.55 bits per heavy atom. The van der Waals surface area contributed by atoms with Gasteiger partial charge in [-0.1, -0.05) is 41.9 Å². The molecular formula is C22H23ClN4O2. The number of amides is 1. The summed E-state index contributed by atoms with van der Waals surface area (Å²) in [6, 6.07) is 19.2. The number of carbonyl (C=O) groups excluding carboxylic acids is 1. The van der Waals surface area contributed by atoms with E-state index in [1.807, 2.05) is 53.4 Å². The summed E-state index contributed by atoms with van der Waals surface area (Å²) >= 11 is 6.07. The molecule has 1 saturated heterocycles. The smallest absolute Gasteiger partial charge is 0.274 e. The van der Waals surface area contributed by atoms with Crippen LogP contribution in [0.15, 0.2) is 66.9 Å². The van der Waals surface area contributed by atoms with E-state index in [9.17, 15) is 4.79 Å². The fourth-order valence-corrected chi connectivity index (χ4v) is 3.58. The van der Waals surface area contributed by atoms with Gasteiger partial charge in [0.05, 0.1) is 0 Å². The third-order valence-electron chi connectivity index (χ3n) is 4.92. The van der Waals surface area contributed by atoms with E-state index in [1.165, 1.54) is 5.56 Å². The average molecular weight is 411 g/mol. The molecule has 1 aliphatic rings. The van der Waals surface area contributed by atoms with Crippen LogP contribution < -0.4 is 4.74 Å². The van der Waals surface area contributed by atoms with Gasteiger partial charge in [0, 0.05) is 43.9 Å². The SMILES string of the molecule is O=C(c1ccn(COc2ccccc2)n1)N1CCN(Cc2cccc(Cl)c2)CC1. The van der Waals surface area contributed by atoms with Gasteiger partial charge in [0.1, 0.15) is 5.75 Å². The number of ether oxygens (including phenoxy) is 1. The number of aromatic nitrogens is 2. The molecule has 6 nitrogen and oxygen atoms in total. The highest BCUT2D eigenvalue weighted by atomic mass is 35.5.